The molecule has 0 fully saturated rings. The molecule has 2 aromatic rings. The fourth-order valence-corrected chi connectivity index (χ4v) is 2.56. The SMILES string of the molecule is N#C/C(=C/c1cccs1)C(=O)NCCCc1ccccc1. The number of nitrogens with one attached hydrogen (secondary N) is 1. The molecule has 21 heavy (non-hydrogen) atoms. The largest absolute Gasteiger partial charge is 0.351 e. The average Bonchev–Trinajstić information content (AvgIpc) is 3.03. The Morgan fingerprint density at radius 2 is 2.05 bits per heavy atom. The van der Waals surface area contributed by atoms with Gasteiger partial charge >= 0.3 is 0 Å². The number of amides is 1. The maximum Gasteiger partial charge on any atom is 0.261 e. The standard InChI is InChI=1S/C17H16N2OS/c18-13-15(12-16-9-5-11-21-16)17(20)19-10-4-8-14-6-2-1-3-7-14/h1-3,5-7,9,11-12H,4,8,10H2,(H,19,20)/b15-12-. The van der Waals surface area contributed by atoms with Gasteiger partial charge in [0.1, 0.15) is 11.6 Å². The molecule has 0 atom stereocenters. The first kappa shape index (κ1) is 15.0. The Bertz CT molecular complexity index is 639. The summed E-state index contributed by atoms with van der Waals surface area (Å²) in [6.45, 7) is 0.567. The second-order valence-electron chi connectivity index (χ2n) is 4.53. The van der Waals surface area contributed by atoms with Crippen molar-refractivity contribution in [3.63, 3.8) is 0 Å². The molecule has 1 heterocycles. The molecule has 1 amide bonds. The van der Waals surface area contributed by atoms with E-state index in [2.05, 4.69) is 17.4 Å². The highest BCUT2D eigenvalue weighted by molar-refractivity contribution is 7.10. The molecule has 0 unspecified atom stereocenters. The van der Waals surface area contributed by atoms with Gasteiger partial charge in [0.05, 0.1) is 0 Å². The Morgan fingerprint density at radius 1 is 1.24 bits per heavy atom. The molecule has 1 N–H and O–H groups in total. The summed E-state index contributed by atoms with van der Waals surface area (Å²) < 4.78 is 0. The Morgan fingerprint density at radius 3 is 2.71 bits per heavy atom. The van der Waals surface area contributed by atoms with E-state index in [1.165, 1.54) is 16.9 Å². The fraction of sp³-hybridized carbons (Fsp3) is 0.176. The number of hydrogen-bond donors (Lipinski definition) is 1. The summed E-state index contributed by atoms with van der Waals surface area (Å²) >= 11 is 1.50. The minimum Gasteiger partial charge on any atom is -0.351 e. The lowest BCUT2D eigenvalue weighted by Gasteiger charge is -2.04. The predicted octanol–water partition coefficient (Wildman–Crippen LogP) is 3.40. The Hall–Kier alpha value is -2.38. The number of rotatable bonds is 6. The van der Waals surface area contributed by atoms with E-state index in [0.29, 0.717) is 6.54 Å². The van der Waals surface area contributed by atoms with Gasteiger partial charge in [-0.25, -0.2) is 0 Å². The van der Waals surface area contributed by atoms with Crippen LogP contribution in [-0.2, 0) is 11.2 Å². The molecule has 0 radical (unpaired) electrons. The lowest BCUT2D eigenvalue weighted by molar-refractivity contribution is -0.117. The van der Waals surface area contributed by atoms with Crippen molar-refractivity contribution >= 4 is 23.3 Å². The topological polar surface area (TPSA) is 52.9 Å². The van der Waals surface area contributed by atoms with Crippen LogP contribution in [0.15, 0.2) is 53.4 Å². The van der Waals surface area contributed by atoms with E-state index in [-0.39, 0.29) is 11.5 Å². The number of hydrogen-bond acceptors (Lipinski definition) is 3. The summed E-state index contributed by atoms with van der Waals surface area (Å²) in [5.74, 6) is -0.307. The molecule has 1 aromatic heterocycles. The number of benzene rings is 1. The van der Waals surface area contributed by atoms with Crippen LogP contribution in [0.4, 0.5) is 0 Å². The summed E-state index contributed by atoms with van der Waals surface area (Å²) in [7, 11) is 0. The van der Waals surface area contributed by atoms with Crippen molar-refractivity contribution in [3.8, 4) is 6.07 Å². The van der Waals surface area contributed by atoms with E-state index in [9.17, 15) is 4.79 Å². The van der Waals surface area contributed by atoms with Crippen molar-refractivity contribution in [1.29, 1.82) is 5.26 Å². The summed E-state index contributed by atoms with van der Waals surface area (Å²) in [6, 6.07) is 15.9. The number of nitrogens with zero attached hydrogens (tertiary/aromatic N) is 1. The van der Waals surface area contributed by atoms with Crippen LogP contribution in [0.25, 0.3) is 6.08 Å². The molecule has 2 rings (SSSR count). The van der Waals surface area contributed by atoms with Gasteiger partial charge in [0.15, 0.2) is 0 Å². The summed E-state index contributed by atoms with van der Waals surface area (Å²) in [6.07, 6.45) is 3.39. The molecule has 4 heteroatoms. The summed E-state index contributed by atoms with van der Waals surface area (Å²) in [4.78, 5) is 12.8. The third kappa shape index (κ3) is 4.90. The van der Waals surface area contributed by atoms with Crippen LogP contribution in [0.3, 0.4) is 0 Å². The molecule has 0 spiro atoms. The van der Waals surface area contributed by atoms with Gasteiger partial charge in [-0.05, 0) is 35.9 Å². The highest BCUT2D eigenvalue weighted by Gasteiger charge is 2.08. The zero-order chi connectivity index (χ0) is 14.9. The Balaban J connectivity index is 1.80. The molecule has 0 saturated heterocycles. The highest BCUT2D eigenvalue weighted by atomic mass is 32.1. The summed E-state index contributed by atoms with van der Waals surface area (Å²) in [5, 5.41) is 13.8. The maximum absolute atomic E-state index is 11.9. The minimum atomic E-state index is -0.307. The number of carbonyl (C=O) groups excluding carboxylic acids is 1. The van der Waals surface area contributed by atoms with E-state index in [1.807, 2.05) is 41.8 Å². The van der Waals surface area contributed by atoms with E-state index >= 15 is 0 Å². The van der Waals surface area contributed by atoms with Crippen LogP contribution in [-0.4, -0.2) is 12.5 Å². The number of thiophene rings is 1. The molecule has 0 aliphatic carbocycles. The van der Waals surface area contributed by atoms with E-state index in [0.717, 1.165) is 17.7 Å². The molecule has 0 aliphatic heterocycles. The minimum absolute atomic E-state index is 0.150. The van der Waals surface area contributed by atoms with Crippen molar-refractivity contribution in [2.45, 2.75) is 12.8 Å². The van der Waals surface area contributed by atoms with Gasteiger partial charge in [0, 0.05) is 11.4 Å². The fourth-order valence-electron chi connectivity index (χ4n) is 1.90. The normalized spacial score (nSPS) is 10.9. The number of aryl methyl sites for hydroxylation is 1. The van der Waals surface area contributed by atoms with E-state index in [1.54, 1.807) is 6.08 Å². The van der Waals surface area contributed by atoms with Gasteiger partial charge < -0.3 is 5.32 Å². The zero-order valence-corrected chi connectivity index (χ0v) is 12.4. The molecule has 3 nitrogen and oxygen atoms in total. The van der Waals surface area contributed by atoms with Crippen LogP contribution in [0.5, 0.6) is 0 Å². The molecule has 1 aromatic carbocycles. The smallest absolute Gasteiger partial charge is 0.261 e. The van der Waals surface area contributed by atoms with Crippen LogP contribution in [0.2, 0.25) is 0 Å². The van der Waals surface area contributed by atoms with Gasteiger partial charge in [0.2, 0.25) is 0 Å². The van der Waals surface area contributed by atoms with E-state index < -0.39 is 0 Å². The first-order chi connectivity index (χ1) is 10.3. The molecular weight excluding hydrogens is 280 g/mol. The molecule has 0 saturated carbocycles. The van der Waals surface area contributed by atoms with Gasteiger partial charge in [-0.15, -0.1) is 11.3 Å². The van der Waals surface area contributed by atoms with Gasteiger partial charge in [0.25, 0.3) is 5.91 Å². The number of carbonyl (C=O) groups is 1. The van der Waals surface area contributed by atoms with Crippen molar-refractivity contribution in [2.75, 3.05) is 6.54 Å². The second-order valence-corrected chi connectivity index (χ2v) is 5.51. The lowest BCUT2D eigenvalue weighted by Crippen LogP contribution is -2.25. The third-order valence-corrected chi connectivity index (χ3v) is 3.78. The predicted molar refractivity (Wildman–Crippen MR) is 85.7 cm³/mol. The third-order valence-electron chi connectivity index (χ3n) is 2.97. The summed E-state index contributed by atoms with van der Waals surface area (Å²) in [5.41, 5.74) is 1.40. The van der Waals surface area contributed by atoms with Crippen molar-refractivity contribution in [1.82, 2.24) is 5.32 Å². The second kappa shape index (κ2) is 8.03. The maximum atomic E-state index is 11.9. The van der Waals surface area contributed by atoms with Crippen LogP contribution >= 0.6 is 11.3 Å². The molecule has 0 aliphatic rings. The monoisotopic (exact) mass is 296 g/mol. The Labute approximate surface area is 128 Å². The number of nitriles is 1. The zero-order valence-electron chi connectivity index (χ0n) is 11.6. The average molecular weight is 296 g/mol. The van der Waals surface area contributed by atoms with Crippen molar-refractivity contribution in [2.24, 2.45) is 0 Å². The Kier molecular flexibility index (Phi) is 5.74. The van der Waals surface area contributed by atoms with Gasteiger partial charge in [-0.3, -0.25) is 4.79 Å². The van der Waals surface area contributed by atoms with Crippen molar-refractivity contribution < 1.29 is 4.79 Å². The molecular formula is C17H16N2OS. The van der Waals surface area contributed by atoms with Crippen LogP contribution in [0, 0.1) is 11.3 Å². The quantitative estimate of drug-likeness (QED) is 0.504. The first-order valence-corrected chi connectivity index (χ1v) is 7.65. The van der Waals surface area contributed by atoms with Crippen molar-refractivity contribution in [3.05, 3.63) is 63.9 Å². The highest BCUT2D eigenvalue weighted by Crippen LogP contribution is 2.13. The van der Waals surface area contributed by atoms with Crippen LogP contribution in [0.1, 0.15) is 16.9 Å². The molecule has 106 valence electrons. The van der Waals surface area contributed by atoms with Gasteiger partial charge in [-0.1, -0.05) is 36.4 Å². The van der Waals surface area contributed by atoms with Crippen LogP contribution < -0.4 is 5.32 Å². The van der Waals surface area contributed by atoms with E-state index in [4.69, 9.17) is 5.26 Å². The first-order valence-electron chi connectivity index (χ1n) is 6.77. The van der Waals surface area contributed by atoms with Gasteiger partial charge in [-0.2, -0.15) is 5.26 Å². The molecule has 0 bridgehead atoms. The lowest BCUT2D eigenvalue weighted by atomic mass is 10.1.